The van der Waals surface area contributed by atoms with Crippen molar-refractivity contribution in [3.63, 3.8) is 0 Å². The van der Waals surface area contributed by atoms with Gasteiger partial charge in [0.15, 0.2) is 0 Å². The molecule has 0 saturated carbocycles. The lowest BCUT2D eigenvalue weighted by Crippen LogP contribution is -2.45. The van der Waals surface area contributed by atoms with Crippen molar-refractivity contribution in [3.05, 3.63) is 71.8 Å². The molecule has 0 amide bonds. The Labute approximate surface area is 153 Å². The summed E-state index contributed by atoms with van der Waals surface area (Å²) in [4.78, 5) is 46.8. The Balaban J connectivity index is 0.00000364. The number of benzene rings is 2. The lowest BCUT2D eigenvalue weighted by molar-refractivity contribution is -0.166. The number of carbonyl (C=O) groups is 4. The van der Waals surface area contributed by atoms with Gasteiger partial charge in [0.25, 0.3) is 0 Å². The van der Waals surface area contributed by atoms with Crippen molar-refractivity contribution in [1.82, 2.24) is 0 Å². The van der Waals surface area contributed by atoms with E-state index in [1.807, 2.05) is 0 Å². The van der Waals surface area contributed by atoms with Gasteiger partial charge in [-0.05, 0) is 24.3 Å². The molecule has 2 aromatic rings. The average Bonchev–Trinajstić information content (AvgIpc) is 2.65. The van der Waals surface area contributed by atoms with Crippen LogP contribution in [-0.2, 0) is 19.1 Å². The molecular formula is C18H16O9. The van der Waals surface area contributed by atoms with Gasteiger partial charge in [-0.25, -0.2) is 19.2 Å². The predicted octanol–water partition coefficient (Wildman–Crippen LogP) is 0.782. The lowest BCUT2D eigenvalue weighted by Gasteiger charge is -2.21. The smallest absolute Gasteiger partial charge is 0.349 e. The van der Waals surface area contributed by atoms with Gasteiger partial charge in [-0.3, -0.25) is 0 Å². The van der Waals surface area contributed by atoms with E-state index in [4.69, 9.17) is 9.47 Å². The summed E-state index contributed by atoms with van der Waals surface area (Å²) in [6, 6.07) is 14.8. The lowest BCUT2D eigenvalue weighted by atomic mass is 10.1. The molecule has 2 atom stereocenters. The van der Waals surface area contributed by atoms with Crippen molar-refractivity contribution >= 4 is 23.9 Å². The van der Waals surface area contributed by atoms with E-state index < -0.39 is 36.1 Å². The molecule has 0 aliphatic rings. The third-order valence-corrected chi connectivity index (χ3v) is 3.25. The van der Waals surface area contributed by atoms with Crippen molar-refractivity contribution in [2.75, 3.05) is 0 Å². The van der Waals surface area contributed by atoms with E-state index in [0.717, 1.165) is 0 Å². The van der Waals surface area contributed by atoms with E-state index in [0.29, 0.717) is 0 Å². The van der Waals surface area contributed by atoms with E-state index in [2.05, 4.69) is 0 Å². The van der Waals surface area contributed by atoms with Gasteiger partial charge in [-0.2, -0.15) is 0 Å². The minimum Gasteiger partial charge on any atom is -0.478 e. The van der Waals surface area contributed by atoms with Crippen LogP contribution in [0.25, 0.3) is 0 Å². The first-order valence-electron chi connectivity index (χ1n) is 7.38. The molecule has 0 heterocycles. The maximum atomic E-state index is 12.0. The molecule has 0 aliphatic heterocycles. The standard InChI is InChI=1S/C18H14O8.H2O/c19-15(20)13(25-17(23)11-7-3-1-4-8-11)14(16(21)22)26-18(24)12-9-5-2-6-10-12;/h1-10,13-14H,(H,19,20)(H,21,22);1H2. The normalized spacial score (nSPS) is 12.0. The molecule has 2 unspecified atom stereocenters. The van der Waals surface area contributed by atoms with Gasteiger partial charge in [0.05, 0.1) is 11.1 Å². The van der Waals surface area contributed by atoms with E-state index >= 15 is 0 Å². The van der Waals surface area contributed by atoms with Gasteiger partial charge in [0, 0.05) is 0 Å². The minimum absolute atomic E-state index is 0. The van der Waals surface area contributed by atoms with Crippen LogP contribution in [0, 0.1) is 0 Å². The SMILES string of the molecule is O.O=C(OC(C(=O)O)C(OC(=O)c1ccccc1)C(=O)O)c1ccccc1. The first-order chi connectivity index (χ1) is 12.4. The molecular weight excluding hydrogens is 360 g/mol. The Morgan fingerprint density at radius 3 is 1.19 bits per heavy atom. The third-order valence-electron chi connectivity index (χ3n) is 3.25. The van der Waals surface area contributed by atoms with Crippen LogP contribution < -0.4 is 0 Å². The molecule has 9 nitrogen and oxygen atoms in total. The molecule has 0 spiro atoms. The van der Waals surface area contributed by atoms with Crippen LogP contribution in [0.4, 0.5) is 0 Å². The summed E-state index contributed by atoms with van der Waals surface area (Å²) in [5.74, 6) is -5.63. The highest BCUT2D eigenvalue weighted by atomic mass is 16.6. The fourth-order valence-electron chi connectivity index (χ4n) is 2.00. The Morgan fingerprint density at radius 1 is 0.630 bits per heavy atom. The number of carboxylic acids is 2. The summed E-state index contributed by atoms with van der Waals surface area (Å²) in [6.07, 6.45) is -4.43. The highest BCUT2D eigenvalue weighted by Gasteiger charge is 2.40. The van der Waals surface area contributed by atoms with Crippen LogP contribution in [0.1, 0.15) is 20.7 Å². The fraction of sp³-hybridized carbons (Fsp3) is 0.111. The largest absolute Gasteiger partial charge is 0.478 e. The summed E-state index contributed by atoms with van der Waals surface area (Å²) in [5, 5.41) is 18.5. The minimum atomic E-state index is -2.21. The zero-order valence-electron chi connectivity index (χ0n) is 13.8. The molecule has 9 heteroatoms. The quantitative estimate of drug-likeness (QED) is 0.671. The second-order valence-corrected chi connectivity index (χ2v) is 5.06. The molecule has 0 bridgehead atoms. The van der Waals surface area contributed by atoms with Crippen LogP contribution in [0.5, 0.6) is 0 Å². The van der Waals surface area contributed by atoms with Gasteiger partial charge in [-0.15, -0.1) is 0 Å². The second-order valence-electron chi connectivity index (χ2n) is 5.06. The van der Waals surface area contributed by atoms with Crippen molar-refractivity contribution in [2.24, 2.45) is 0 Å². The molecule has 2 aromatic carbocycles. The Hall–Kier alpha value is -3.72. The monoisotopic (exact) mass is 376 g/mol. The number of aliphatic carboxylic acids is 2. The molecule has 0 radical (unpaired) electrons. The molecule has 0 fully saturated rings. The Morgan fingerprint density at radius 2 is 0.926 bits per heavy atom. The molecule has 27 heavy (non-hydrogen) atoms. The van der Waals surface area contributed by atoms with Gasteiger partial charge >= 0.3 is 23.9 Å². The highest BCUT2D eigenvalue weighted by Crippen LogP contribution is 2.13. The number of carbonyl (C=O) groups excluding carboxylic acids is 2. The summed E-state index contributed by atoms with van der Waals surface area (Å²) < 4.78 is 9.52. The number of esters is 2. The highest BCUT2D eigenvalue weighted by molar-refractivity contribution is 5.95. The summed E-state index contributed by atoms with van der Waals surface area (Å²) in [6.45, 7) is 0. The van der Waals surface area contributed by atoms with E-state index in [9.17, 15) is 29.4 Å². The first-order valence-corrected chi connectivity index (χ1v) is 7.38. The molecule has 142 valence electrons. The molecule has 4 N–H and O–H groups in total. The van der Waals surface area contributed by atoms with Crippen LogP contribution >= 0.6 is 0 Å². The number of hydrogen-bond donors (Lipinski definition) is 2. The van der Waals surface area contributed by atoms with E-state index in [-0.39, 0.29) is 16.6 Å². The summed E-state index contributed by atoms with van der Waals surface area (Å²) in [5.41, 5.74) is 0.0505. The fourth-order valence-corrected chi connectivity index (χ4v) is 2.00. The molecule has 0 aromatic heterocycles. The number of ether oxygens (including phenoxy) is 2. The maximum Gasteiger partial charge on any atom is 0.349 e. The Kier molecular flexibility index (Phi) is 7.65. The van der Waals surface area contributed by atoms with E-state index in [1.54, 1.807) is 12.1 Å². The topological polar surface area (TPSA) is 159 Å². The van der Waals surface area contributed by atoms with Gasteiger partial charge in [-0.1, -0.05) is 36.4 Å². The molecule has 2 rings (SSSR count). The van der Waals surface area contributed by atoms with E-state index in [1.165, 1.54) is 48.5 Å². The van der Waals surface area contributed by atoms with Crippen LogP contribution in [0.3, 0.4) is 0 Å². The van der Waals surface area contributed by atoms with Crippen molar-refractivity contribution in [3.8, 4) is 0 Å². The van der Waals surface area contributed by atoms with Crippen LogP contribution in [-0.4, -0.2) is 51.8 Å². The molecule has 0 aliphatic carbocycles. The van der Waals surface area contributed by atoms with Gasteiger partial charge < -0.3 is 25.2 Å². The van der Waals surface area contributed by atoms with Crippen molar-refractivity contribution in [1.29, 1.82) is 0 Å². The van der Waals surface area contributed by atoms with Crippen LogP contribution in [0.2, 0.25) is 0 Å². The van der Waals surface area contributed by atoms with Crippen molar-refractivity contribution < 1.29 is 44.3 Å². The Bertz CT molecular complexity index is 733. The maximum absolute atomic E-state index is 12.0. The summed E-state index contributed by atoms with van der Waals surface area (Å²) in [7, 11) is 0. The number of carboxylic acid groups (broad SMARTS) is 2. The molecule has 0 saturated heterocycles. The van der Waals surface area contributed by atoms with Crippen LogP contribution in [0.15, 0.2) is 60.7 Å². The third kappa shape index (κ3) is 5.65. The van der Waals surface area contributed by atoms with Crippen molar-refractivity contribution in [2.45, 2.75) is 12.2 Å². The number of hydrogen-bond acceptors (Lipinski definition) is 6. The zero-order chi connectivity index (χ0) is 19.1. The zero-order valence-corrected chi connectivity index (χ0v) is 13.8. The van der Waals surface area contributed by atoms with Gasteiger partial charge in [0.1, 0.15) is 0 Å². The predicted molar refractivity (Wildman–Crippen MR) is 90.2 cm³/mol. The summed E-state index contributed by atoms with van der Waals surface area (Å²) >= 11 is 0. The second kappa shape index (κ2) is 9.68. The number of rotatable bonds is 7. The van der Waals surface area contributed by atoms with Gasteiger partial charge in [0.2, 0.25) is 12.2 Å². The average molecular weight is 376 g/mol. The first kappa shape index (κ1) is 21.3.